The molecule has 1 aliphatic heterocycles. The summed E-state index contributed by atoms with van der Waals surface area (Å²) in [5, 5.41) is 22.2. The van der Waals surface area contributed by atoms with Crippen LogP contribution in [0, 0.1) is 20.2 Å². The van der Waals surface area contributed by atoms with E-state index < -0.39 is 27.1 Å². The molecule has 0 aromatic heterocycles. The Morgan fingerprint density at radius 3 is 2.28 bits per heavy atom. The summed E-state index contributed by atoms with van der Waals surface area (Å²) in [4.78, 5) is 45.7. The molecule has 0 bridgehead atoms. The van der Waals surface area contributed by atoms with Gasteiger partial charge in [0.1, 0.15) is 10.6 Å². The van der Waals surface area contributed by atoms with Crippen LogP contribution < -0.4 is 0 Å². The van der Waals surface area contributed by atoms with Crippen molar-refractivity contribution in [2.75, 3.05) is 0 Å². The third kappa shape index (κ3) is 4.36. The van der Waals surface area contributed by atoms with Gasteiger partial charge in [0, 0.05) is 11.6 Å². The zero-order chi connectivity index (χ0) is 21.1. The van der Waals surface area contributed by atoms with E-state index in [2.05, 4.69) is 0 Å². The number of nitro benzene ring substituents is 2. The first-order chi connectivity index (χ1) is 13.8. The molecule has 29 heavy (non-hydrogen) atoms. The van der Waals surface area contributed by atoms with Crippen LogP contribution in [-0.2, 0) is 11.3 Å². The summed E-state index contributed by atoms with van der Waals surface area (Å²) < 4.78 is 0.221. The van der Waals surface area contributed by atoms with Gasteiger partial charge in [-0.1, -0.05) is 48.2 Å². The normalized spacial score (nSPS) is 15.0. The maximum Gasteiger partial charge on any atom is 0.281 e. The van der Waals surface area contributed by atoms with Gasteiger partial charge in [-0.25, -0.2) is 0 Å². The fourth-order valence-electron chi connectivity index (χ4n) is 2.60. The number of thiocarbonyl (C=S) groups is 1. The average molecular weight is 429 g/mol. The van der Waals surface area contributed by atoms with E-state index >= 15 is 0 Å². The molecule has 0 atom stereocenters. The van der Waals surface area contributed by atoms with Crippen LogP contribution in [-0.4, -0.2) is 31.3 Å². The van der Waals surface area contributed by atoms with E-state index in [0.717, 1.165) is 23.9 Å². The largest absolute Gasteiger partial charge is 0.298 e. The van der Waals surface area contributed by atoms with Gasteiger partial charge in [0.05, 0.1) is 32.9 Å². The molecule has 1 fully saturated rings. The average Bonchev–Trinajstić information content (AvgIpc) is 2.96. The molecule has 0 N–H and O–H groups in total. The predicted octanol–water partition coefficient (Wildman–Crippen LogP) is 3.72. The predicted molar refractivity (Wildman–Crippen MR) is 110 cm³/mol. The summed E-state index contributed by atoms with van der Waals surface area (Å²) in [5.74, 6) is -0.424. The number of aldehydes is 1. The van der Waals surface area contributed by atoms with E-state index in [1.807, 2.05) is 0 Å². The first kappa shape index (κ1) is 20.3. The molecule has 1 amide bonds. The summed E-state index contributed by atoms with van der Waals surface area (Å²) in [6.45, 7) is -0.180. The lowest BCUT2D eigenvalue weighted by Gasteiger charge is -2.14. The number of rotatable bonds is 6. The van der Waals surface area contributed by atoms with E-state index in [9.17, 15) is 29.8 Å². The van der Waals surface area contributed by atoms with E-state index in [1.165, 1.54) is 11.0 Å². The smallest absolute Gasteiger partial charge is 0.281 e. The number of carbonyl (C=O) groups excluding carboxylic acids is 2. The topological polar surface area (TPSA) is 124 Å². The molecular weight excluding hydrogens is 418 g/mol. The number of amides is 1. The van der Waals surface area contributed by atoms with Crippen molar-refractivity contribution in [3.8, 4) is 0 Å². The number of carbonyl (C=O) groups is 2. The molecule has 2 aromatic rings. The molecule has 11 heteroatoms. The van der Waals surface area contributed by atoms with Crippen molar-refractivity contribution in [3.63, 3.8) is 0 Å². The molecule has 1 heterocycles. The van der Waals surface area contributed by atoms with Gasteiger partial charge in [-0.15, -0.1) is 0 Å². The van der Waals surface area contributed by atoms with Crippen molar-refractivity contribution in [2.45, 2.75) is 6.54 Å². The highest BCUT2D eigenvalue weighted by Gasteiger charge is 2.34. The summed E-state index contributed by atoms with van der Waals surface area (Å²) in [6, 6.07) is 9.83. The molecule has 9 nitrogen and oxygen atoms in total. The highest BCUT2D eigenvalue weighted by Crippen LogP contribution is 2.35. The first-order valence-corrected chi connectivity index (χ1v) is 9.25. The van der Waals surface area contributed by atoms with E-state index in [4.69, 9.17) is 12.2 Å². The van der Waals surface area contributed by atoms with Crippen molar-refractivity contribution < 1.29 is 19.4 Å². The van der Waals surface area contributed by atoms with Gasteiger partial charge in [-0.3, -0.25) is 34.7 Å². The second kappa shape index (κ2) is 8.29. The Morgan fingerprint density at radius 2 is 1.69 bits per heavy atom. The molecule has 0 saturated carbocycles. The minimum atomic E-state index is -0.732. The van der Waals surface area contributed by atoms with E-state index in [-0.39, 0.29) is 16.4 Å². The Kier molecular flexibility index (Phi) is 5.80. The lowest BCUT2D eigenvalue weighted by Crippen LogP contribution is -2.27. The molecule has 2 aromatic carbocycles. The molecule has 0 aliphatic carbocycles. The van der Waals surface area contributed by atoms with Crippen LogP contribution in [0.2, 0.25) is 0 Å². The summed E-state index contributed by atoms with van der Waals surface area (Å²) >= 11 is 6.28. The summed E-state index contributed by atoms with van der Waals surface area (Å²) in [7, 11) is 0. The third-order valence-corrected chi connectivity index (χ3v) is 5.43. The Morgan fingerprint density at radius 1 is 1.03 bits per heavy atom. The molecule has 3 rings (SSSR count). The monoisotopic (exact) mass is 429 g/mol. The van der Waals surface area contributed by atoms with Gasteiger partial charge in [0.15, 0.2) is 0 Å². The lowest BCUT2D eigenvalue weighted by molar-refractivity contribution is -0.394. The standard InChI is InChI=1S/C18H11N3O6S2/c22-10-12-3-1-11(2-4-12)7-16-17(23)19(18(28)29-16)9-13-5-6-14(20(24)25)8-15(13)21(26)27/h1-8,10H,9H2. The number of nitro groups is 2. The fraction of sp³-hybridized carbons (Fsp3) is 0.0556. The van der Waals surface area contributed by atoms with Gasteiger partial charge in [0.25, 0.3) is 17.3 Å². The molecule has 146 valence electrons. The van der Waals surface area contributed by atoms with Crippen molar-refractivity contribution in [1.82, 2.24) is 4.90 Å². The zero-order valence-electron chi connectivity index (χ0n) is 14.5. The Bertz CT molecular complexity index is 1080. The number of thioether (sulfide) groups is 1. The van der Waals surface area contributed by atoms with Crippen molar-refractivity contribution in [1.29, 1.82) is 0 Å². The van der Waals surface area contributed by atoms with Crippen LogP contribution in [0.25, 0.3) is 6.08 Å². The lowest BCUT2D eigenvalue weighted by atomic mass is 10.1. The van der Waals surface area contributed by atoms with Crippen molar-refractivity contribution >= 4 is 57.9 Å². The Hall–Kier alpha value is -3.44. The SMILES string of the molecule is O=Cc1ccc(C=C2SC(=S)N(Cc3ccc([N+](=O)[O-])cc3[N+](=O)[O-])C2=O)cc1. The second-order valence-electron chi connectivity index (χ2n) is 5.88. The molecule has 0 radical (unpaired) electrons. The van der Waals surface area contributed by atoms with Crippen LogP contribution in [0.4, 0.5) is 11.4 Å². The summed E-state index contributed by atoms with van der Waals surface area (Å²) in [5.41, 5.74) is 0.456. The minimum absolute atomic E-state index is 0.133. The van der Waals surface area contributed by atoms with Crippen LogP contribution in [0.15, 0.2) is 47.4 Å². The highest BCUT2D eigenvalue weighted by molar-refractivity contribution is 8.26. The van der Waals surface area contributed by atoms with Crippen molar-refractivity contribution in [3.05, 3.63) is 84.3 Å². The van der Waals surface area contributed by atoms with Crippen LogP contribution in [0.1, 0.15) is 21.5 Å². The fourth-order valence-corrected chi connectivity index (χ4v) is 3.85. The molecule has 0 unspecified atom stereocenters. The highest BCUT2D eigenvalue weighted by atomic mass is 32.2. The third-order valence-electron chi connectivity index (χ3n) is 4.05. The van der Waals surface area contributed by atoms with Gasteiger partial charge in [-0.05, 0) is 17.7 Å². The number of non-ortho nitro benzene ring substituents is 1. The van der Waals surface area contributed by atoms with Crippen LogP contribution >= 0.6 is 24.0 Å². The Balaban J connectivity index is 1.87. The van der Waals surface area contributed by atoms with E-state index in [0.29, 0.717) is 22.3 Å². The first-order valence-electron chi connectivity index (χ1n) is 8.02. The minimum Gasteiger partial charge on any atom is -0.298 e. The molecule has 1 saturated heterocycles. The number of benzene rings is 2. The maximum atomic E-state index is 12.7. The zero-order valence-corrected chi connectivity index (χ0v) is 16.1. The molecular formula is C18H11N3O6S2. The van der Waals surface area contributed by atoms with Crippen LogP contribution in [0.5, 0.6) is 0 Å². The number of nitrogens with zero attached hydrogens (tertiary/aromatic N) is 3. The Labute approximate surface area is 173 Å². The molecule has 0 spiro atoms. The quantitative estimate of drug-likeness (QED) is 0.224. The van der Waals surface area contributed by atoms with Crippen LogP contribution in [0.3, 0.4) is 0 Å². The van der Waals surface area contributed by atoms with Crippen molar-refractivity contribution in [2.24, 2.45) is 0 Å². The van der Waals surface area contributed by atoms with Gasteiger partial charge >= 0.3 is 0 Å². The summed E-state index contributed by atoms with van der Waals surface area (Å²) in [6.07, 6.45) is 2.32. The van der Waals surface area contributed by atoms with E-state index in [1.54, 1.807) is 30.3 Å². The van der Waals surface area contributed by atoms with Gasteiger partial charge in [-0.2, -0.15) is 0 Å². The second-order valence-corrected chi connectivity index (χ2v) is 7.56. The van der Waals surface area contributed by atoms with Gasteiger partial charge in [0.2, 0.25) is 0 Å². The number of hydrogen-bond acceptors (Lipinski definition) is 8. The van der Waals surface area contributed by atoms with Gasteiger partial charge < -0.3 is 0 Å². The number of hydrogen-bond donors (Lipinski definition) is 0. The maximum absolute atomic E-state index is 12.7. The molecule has 1 aliphatic rings.